The summed E-state index contributed by atoms with van der Waals surface area (Å²) in [7, 11) is 0. The number of carbonyl (C=O) groups excluding carboxylic acids is 7. The summed E-state index contributed by atoms with van der Waals surface area (Å²) in [6, 6.07) is 18.7. The summed E-state index contributed by atoms with van der Waals surface area (Å²) in [5.74, 6) is -3.54. The van der Waals surface area contributed by atoms with Gasteiger partial charge in [0.15, 0.2) is 0 Å². The average molecular weight is 1380 g/mol. The van der Waals surface area contributed by atoms with E-state index in [-0.39, 0.29) is 56.7 Å². The Bertz CT molecular complexity index is 3980. The summed E-state index contributed by atoms with van der Waals surface area (Å²) >= 11 is 2.99. The molecule has 2 saturated heterocycles. The van der Waals surface area contributed by atoms with E-state index in [1.807, 2.05) is 108 Å². The summed E-state index contributed by atoms with van der Waals surface area (Å²) in [6.07, 6.45) is 12.9. The van der Waals surface area contributed by atoms with Gasteiger partial charge in [0, 0.05) is 24.7 Å². The van der Waals surface area contributed by atoms with Crippen LogP contribution in [0, 0.1) is 11.8 Å². The summed E-state index contributed by atoms with van der Waals surface area (Å²) in [5, 5.41) is 25.3. The molecule has 2 saturated carbocycles. The number of amides is 6. The van der Waals surface area contributed by atoms with Crippen LogP contribution in [0.15, 0.2) is 108 Å². The molecule has 6 aliphatic rings. The second-order valence-corrected chi connectivity index (χ2v) is 29.6. The first-order chi connectivity index (χ1) is 46.9. The van der Waals surface area contributed by atoms with E-state index in [0.717, 1.165) is 48.3 Å². The number of aromatic nitrogens is 4. The number of allylic oxidation sites excluding steroid dienone is 2. The molecule has 6 amide bonds. The number of carboxylic acid groups (broad SMARTS) is 1. The van der Waals surface area contributed by atoms with Gasteiger partial charge in [-0.25, -0.2) is 39.1 Å². The first-order valence-electron chi connectivity index (χ1n) is 33.8. The average Bonchev–Trinajstić information content (AvgIpc) is 1.59. The van der Waals surface area contributed by atoms with Gasteiger partial charge in [-0.15, -0.1) is 22.7 Å². The first-order valence-corrected chi connectivity index (χ1v) is 35.6. The lowest BCUT2D eigenvalue weighted by Crippen LogP contribution is -2.56. The Morgan fingerprint density at radius 2 is 1.00 bits per heavy atom. The van der Waals surface area contributed by atoms with Crippen molar-refractivity contribution in [1.29, 1.82) is 0 Å². The van der Waals surface area contributed by atoms with E-state index in [9.17, 15) is 43.5 Å². The number of alkyl carbamates (subject to hydrolysis) is 2. The van der Waals surface area contributed by atoms with Crippen LogP contribution >= 0.6 is 22.7 Å². The molecule has 520 valence electrons. The number of ether oxygens (including phenoxy) is 5. The van der Waals surface area contributed by atoms with E-state index in [2.05, 4.69) is 21.3 Å². The number of fused-ring (bicyclic) bond motifs is 6. The van der Waals surface area contributed by atoms with Gasteiger partial charge in [0.1, 0.15) is 70.0 Å². The molecule has 5 N–H and O–H groups in total. The van der Waals surface area contributed by atoms with E-state index in [1.54, 1.807) is 48.5 Å². The monoisotopic (exact) mass is 1380 g/mol. The molecule has 8 heterocycles. The van der Waals surface area contributed by atoms with Crippen LogP contribution in [0.5, 0.6) is 11.8 Å². The molecule has 4 aliphatic heterocycles. The number of hydrogen-bond donors (Lipinski definition) is 5. The normalized spacial score (nSPS) is 26.8. The van der Waals surface area contributed by atoms with Crippen molar-refractivity contribution in [2.45, 2.75) is 197 Å². The second-order valence-electron chi connectivity index (χ2n) is 27.7. The number of esters is 1. The van der Waals surface area contributed by atoms with Gasteiger partial charge in [0.2, 0.25) is 35.4 Å². The highest BCUT2D eigenvalue weighted by atomic mass is 32.1. The highest BCUT2D eigenvalue weighted by Crippen LogP contribution is 2.48. The zero-order valence-corrected chi connectivity index (χ0v) is 57.9. The van der Waals surface area contributed by atoms with Gasteiger partial charge in [0.05, 0.1) is 51.5 Å². The summed E-state index contributed by atoms with van der Waals surface area (Å²) in [4.78, 5) is 132. The fourth-order valence-corrected chi connectivity index (χ4v) is 14.4. The Morgan fingerprint density at radius 1 is 0.582 bits per heavy atom. The number of thiophene rings is 2. The number of aliphatic carboxylic acids is 1. The maximum absolute atomic E-state index is 14.4. The summed E-state index contributed by atoms with van der Waals surface area (Å²) in [6.45, 7) is 12.5. The molecule has 0 bridgehead atoms. The van der Waals surface area contributed by atoms with E-state index in [0.29, 0.717) is 71.4 Å². The molecular formula is C72H86N10O14S2. The van der Waals surface area contributed by atoms with Crippen molar-refractivity contribution >= 4 is 92.5 Å². The van der Waals surface area contributed by atoms with Crippen molar-refractivity contribution in [3.8, 4) is 32.9 Å². The van der Waals surface area contributed by atoms with Gasteiger partial charge in [-0.1, -0.05) is 86.4 Å². The van der Waals surface area contributed by atoms with Crippen LogP contribution in [-0.2, 0) is 43.0 Å². The molecule has 2 aliphatic carbocycles. The molecule has 2 aromatic carbocycles. The van der Waals surface area contributed by atoms with Crippen molar-refractivity contribution in [1.82, 2.24) is 51.0 Å². The summed E-state index contributed by atoms with van der Waals surface area (Å²) in [5.41, 5.74) is -0.382. The molecular weight excluding hydrogens is 1290 g/mol. The molecule has 4 aromatic heterocycles. The van der Waals surface area contributed by atoms with Gasteiger partial charge in [0.25, 0.3) is 0 Å². The Morgan fingerprint density at radius 3 is 1.41 bits per heavy atom. The van der Waals surface area contributed by atoms with Gasteiger partial charge in [-0.3, -0.25) is 19.2 Å². The van der Waals surface area contributed by atoms with Crippen LogP contribution in [0.3, 0.4) is 0 Å². The Hall–Kier alpha value is -9.04. The smallest absolute Gasteiger partial charge is 0.408 e. The minimum absolute atomic E-state index is 0.0191. The van der Waals surface area contributed by atoms with E-state index in [4.69, 9.17) is 43.6 Å². The predicted octanol–water partition coefficient (Wildman–Crippen LogP) is 10.6. The Labute approximate surface area is 577 Å². The number of nitrogens with one attached hydrogen (secondary N) is 4. The van der Waals surface area contributed by atoms with Crippen LogP contribution in [0.25, 0.3) is 43.2 Å². The zero-order valence-electron chi connectivity index (χ0n) is 56.3. The van der Waals surface area contributed by atoms with Crippen LogP contribution in [0.4, 0.5) is 9.59 Å². The molecule has 4 fully saturated rings. The number of carbonyl (C=O) groups is 8. The maximum Gasteiger partial charge on any atom is 0.408 e. The van der Waals surface area contributed by atoms with Crippen molar-refractivity contribution in [3.63, 3.8) is 0 Å². The van der Waals surface area contributed by atoms with E-state index < -0.39 is 106 Å². The standard InChI is InChI=1S/C37H45N5O7S.C35H41N5O7S/c1-5-47-34(45)37-21-23(37)14-9-7-6-8-10-17-27(40-35(46)49-36(2,3)4)33(44)42-22-24(20-28(42)31(43)41-37)48-32-30(29-18-13-19-50-29)38-25-15-11-12-16-26(25)39-32;1-34(2,3)47-33(45)38-25-15-8-6-4-5-7-12-21-19-35(21,32(43)44)39-29(41)26-18-22(20-40(26)31(25)42)46-30-28(27-16-11-17-48-27)36-23-13-9-10-14-24(23)37-30/h9,11-16,18-19,23-24,27-28H,5-8,10,17,20-22H2,1-4H3,(H,40,46)(H,41,43);7,9-14,16-17,21-22,25-26H,4-6,8,15,18-20H2,1-3H3,(H,38,45)(H,39,41)(H,43,44)/b14-9-;12-7-/t23-,24?,27-,28+,37-;21-,22?,25-,26+,35-/m11/s1. The van der Waals surface area contributed by atoms with Crippen LogP contribution in [0.2, 0.25) is 0 Å². The van der Waals surface area contributed by atoms with Crippen molar-refractivity contribution < 1.29 is 67.1 Å². The number of benzene rings is 2. The van der Waals surface area contributed by atoms with Gasteiger partial charge >= 0.3 is 24.1 Å². The largest absolute Gasteiger partial charge is 0.479 e. The van der Waals surface area contributed by atoms with Gasteiger partial charge in [-0.05, 0) is 147 Å². The van der Waals surface area contributed by atoms with Crippen molar-refractivity contribution in [2.75, 3.05) is 19.7 Å². The molecule has 0 radical (unpaired) electrons. The minimum Gasteiger partial charge on any atom is -0.479 e. The SMILES string of the molecule is CC(C)(C)OC(=O)N[C@@H]1CCCCC/C=C\[C@@H]2C[C@@]2(C(=O)O)NC(=O)[C@@H]2CC(Oc3nc4ccccc4nc3-c3cccs3)CN2C1=O.CCOC(=O)[C@@]12C[C@H]1/C=C\CCCCC[C@@H](NC(=O)OC(C)(C)C)C(=O)N1CC(Oc3nc4ccccc4nc3-c3cccs3)C[C@H]1C(=O)N2. The van der Waals surface area contributed by atoms with Crippen molar-refractivity contribution in [3.05, 3.63) is 108 Å². The number of para-hydroxylation sites is 4. The number of rotatable bonds is 11. The molecule has 0 spiro atoms. The summed E-state index contributed by atoms with van der Waals surface area (Å²) < 4.78 is 29.4. The van der Waals surface area contributed by atoms with Gasteiger partial charge in [-0.2, -0.15) is 0 Å². The number of hydrogen-bond acceptors (Lipinski definition) is 19. The Kier molecular flexibility index (Phi) is 21.5. The van der Waals surface area contributed by atoms with Gasteiger partial charge < -0.3 is 59.9 Å². The minimum atomic E-state index is -1.44. The lowest BCUT2D eigenvalue weighted by molar-refractivity contribution is -0.150. The molecule has 26 heteroatoms. The fraction of sp³-hybridized carbons (Fsp3) is 0.500. The lowest BCUT2D eigenvalue weighted by atomic mass is 10.0. The van der Waals surface area contributed by atoms with E-state index >= 15 is 0 Å². The molecule has 10 atom stereocenters. The Balaban J connectivity index is 0.000000199. The van der Waals surface area contributed by atoms with Crippen LogP contribution in [-0.4, -0.2) is 161 Å². The molecule has 2 unspecified atom stereocenters. The molecule has 98 heavy (non-hydrogen) atoms. The van der Waals surface area contributed by atoms with E-state index in [1.165, 1.54) is 32.5 Å². The maximum atomic E-state index is 14.4. The predicted molar refractivity (Wildman–Crippen MR) is 368 cm³/mol. The third-order valence-corrected chi connectivity index (χ3v) is 19.8. The molecule has 6 aromatic rings. The third kappa shape index (κ3) is 16.7. The second kappa shape index (κ2) is 30.0. The number of nitrogens with zero attached hydrogens (tertiary/aromatic N) is 6. The molecule has 12 rings (SSSR count). The number of carboxylic acids is 1. The fourth-order valence-electron chi connectivity index (χ4n) is 13.0. The highest BCUT2D eigenvalue weighted by molar-refractivity contribution is 7.13. The molecule has 24 nitrogen and oxygen atoms in total. The zero-order chi connectivity index (χ0) is 69.5. The van der Waals surface area contributed by atoms with Crippen LogP contribution in [0.1, 0.15) is 138 Å². The first kappa shape index (κ1) is 70.3. The quantitative estimate of drug-likeness (QED) is 0.0457. The topological polar surface area (TPSA) is 309 Å². The highest BCUT2D eigenvalue weighted by Gasteiger charge is 2.63. The van der Waals surface area contributed by atoms with Crippen LogP contribution < -0.4 is 30.7 Å². The van der Waals surface area contributed by atoms with Crippen molar-refractivity contribution in [2.24, 2.45) is 11.8 Å². The lowest BCUT2D eigenvalue weighted by Gasteiger charge is -2.30. The third-order valence-electron chi connectivity index (χ3n) is 18.0.